The van der Waals surface area contributed by atoms with Crippen molar-refractivity contribution in [1.82, 2.24) is 0 Å². The molecule has 0 saturated heterocycles. The smallest absolute Gasteiger partial charge is 0.308 e. The van der Waals surface area contributed by atoms with Crippen LogP contribution < -0.4 is 15.0 Å². The van der Waals surface area contributed by atoms with E-state index < -0.39 is 11.9 Å². The average Bonchev–Trinajstić information content (AvgIpc) is 2.90. The van der Waals surface area contributed by atoms with E-state index in [0.29, 0.717) is 23.7 Å². The Morgan fingerprint density at radius 3 is 2.11 bits per heavy atom. The lowest BCUT2D eigenvalue weighted by Crippen LogP contribution is -2.26. The molecule has 0 atom stereocenters. The number of benzene rings is 4. The molecular weight excluding hydrogens is 472 g/mol. The molecule has 4 aromatic carbocycles. The van der Waals surface area contributed by atoms with Crippen molar-refractivity contribution in [2.45, 2.75) is 16.2 Å². The maximum Gasteiger partial charge on any atom is 0.308 e. The molecule has 1 aliphatic heterocycles. The summed E-state index contributed by atoms with van der Waals surface area (Å²) < 4.78 is 11.1. The topological polar surface area (TPSA) is 67.9 Å². The first kappa shape index (κ1) is 23.5. The molecule has 4 aromatic rings. The number of para-hydroxylation sites is 3. The van der Waals surface area contributed by atoms with E-state index in [9.17, 15) is 9.59 Å². The Bertz CT molecular complexity index is 1330. The van der Waals surface area contributed by atoms with Crippen molar-refractivity contribution >= 4 is 40.7 Å². The molecule has 0 spiro atoms. The molecule has 0 saturated carbocycles. The second kappa shape index (κ2) is 11.0. The summed E-state index contributed by atoms with van der Waals surface area (Å²) in [5.41, 5.74) is 2.68. The molecule has 180 valence electrons. The first-order valence-corrected chi connectivity index (χ1v) is 12.4. The fourth-order valence-electron chi connectivity index (χ4n) is 3.90. The molecule has 0 bridgehead atoms. The van der Waals surface area contributed by atoms with E-state index in [1.165, 1.54) is 0 Å². The van der Waals surface area contributed by atoms with Gasteiger partial charge in [-0.15, -0.1) is 0 Å². The Hall–Kier alpha value is -4.23. The molecule has 0 unspecified atom stereocenters. The van der Waals surface area contributed by atoms with Crippen LogP contribution in [0.5, 0.6) is 11.5 Å². The molecule has 0 fully saturated rings. The first-order valence-electron chi connectivity index (χ1n) is 11.6. The van der Waals surface area contributed by atoms with Crippen LogP contribution in [0.2, 0.25) is 0 Å². The summed E-state index contributed by atoms with van der Waals surface area (Å²) in [4.78, 5) is 29.3. The molecule has 0 aliphatic carbocycles. The highest BCUT2D eigenvalue weighted by molar-refractivity contribution is 7.99. The largest absolute Gasteiger partial charge is 0.457 e. The van der Waals surface area contributed by atoms with Gasteiger partial charge in [-0.3, -0.25) is 9.59 Å². The van der Waals surface area contributed by atoms with Crippen LogP contribution >= 0.6 is 11.8 Å². The summed E-state index contributed by atoms with van der Waals surface area (Å²) >= 11 is 1.72. The van der Waals surface area contributed by atoms with Gasteiger partial charge in [0.25, 0.3) is 5.91 Å². The predicted molar refractivity (Wildman–Crippen MR) is 141 cm³/mol. The Balaban J connectivity index is 1.14. The third kappa shape index (κ3) is 5.70. The zero-order valence-corrected chi connectivity index (χ0v) is 20.2. The van der Waals surface area contributed by atoms with Crippen LogP contribution in [-0.4, -0.2) is 25.0 Å². The molecule has 6 nitrogen and oxygen atoms in total. The van der Waals surface area contributed by atoms with Gasteiger partial charge in [0.1, 0.15) is 11.5 Å². The van der Waals surface area contributed by atoms with Gasteiger partial charge in [0.15, 0.2) is 6.61 Å². The van der Waals surface area contributed by atoms with Crippen molar-refractivity contribution in [2.24, 2.45) is 0 Å². The van der Waals surface area contributed by atoms with Gasteiger partial charge < -0.3 is 19.7 Å². The zero-order chi connectivity index (χ0) is 24.7. The zero-order valence-electron chi connectivity index (χ0n) is 19.4. The number of amides is 1. The predicted octanol–water partition coefficient (Wildman–Crippen LogP) is 6.65. The lowest BCUT2D eigenvalue weighted by atomic mass is 10.2. The van der Waals surface area contributed by atoms with E-state index in [4.69, 9.17) is 9.47 Å². The lowest BCUT2D eigenvalue weighted by Gasteiger charge is -2.32. The van der Waals surface area contributed by atoms with Gasteiger partial charge in [-0.2, -0.15) is 0 Å². The van der Waals surface area contributed by atoms with Gasteiger partial charge in [-0.05, 0) is 48.5 Å². The van der Waals surface area contributed by atoms with Gasteiger partial charge in [0, 0.05) is 28.1 Å². The van der Waals surface area contributed by atoms with Crippen LogP contribution in [0.1, 0.15) is 6.42 Å². The monoisotopic (exact) mass is 496 g/mol. The summed E-state index contributed by atoms with van der Waals surface area (Å²) in [6.07, 6.45) is 0.154. The summed E-state index contributed by atoms with van der Waals surface area (Å²) in [5, 5.41) is 2.75. The minimum absolute atomic E-state index is 0.154. The van der Waals surface area contributed by atoms with E-state index >= 15 is 0 Å². The van der Waals surface area contributed by atoms with Crippen LogP contribution in [-0.2, 0) is 14.3 Å². The number of hydrogen-bond donors (Lipinski definition) is 1. The number of esters is 1. The summed E-state index contributed by atoms with van der Waals surface area (Å²) in [5.74, 6) is 0.452. The van der Waals surface area contributed by atoms with Crippen LogP contribution in [0.3, 0.4) is 0 Å². The molecule has 1 heterocycles. The number of rotatable bonds is 8. The number of fused-ring (bicyclic) bond motifs is 2. The van der Waals surface area contributed by atoms with Crippen LogP contribution in [0.25, 0.3) is 0 Å². The average molecular weight is 497 g/mol. The Morgan fingerprint density at radius 2 is 1.39 bits per heavy atom. The van der Waals surface area contributed by atoms with Crippen molar-refractivity contribution in [3.05, 3.63) is 103 Å². The molecule has 36 heavy (non-hydrogen) atoms. The number of nitrogens with one attached hydrogen (secondary N) is 1. The molecule has 0 aromatic heterocycles. The van der Waals surface area contributed by atoms with Gasteiger partial charge in [-0.1, -0.05) is 60.3 Å². The number of carbonyl (C=O) groups is 2. The molecule has 5 rings (SSSR count). The fourth-order valence-corrected chi connectivity index (χ4v) is 5.00. The normalized spacial score (nSPS) is 11.7. The van der Waals surface area contributed by atoms with Gasteiger partial charge in [0.05, 0.1) is 17.8 Å². The van der Waals surface area contributed by atoms with Crippen molar-refractivity contribution in [3.8, 4) is 11.5 Å². The third-order valence-corrected chi connectivity index (χ3v) is 6.66. The molecule has 1 aliphatic rings. The van der Waals surface area contributed by atoms with Crippen molar-refractivity contribution < 1.29 is 19.1 Å². The van der Waals surface area contributed by atoms with Crippen LogP contribution in [0, 0.1) is 0 Å². The van der Waals surface area contributed by atoms with Gasteiger partial charge >= 0.3 is 5.97 Å². The number of nitrogens with zero attached hydrogens (tertiary/aromatic N) is 1. The molecule has 1 N–H and O–H groups in total. The van der Waals surface area contributed by atoms with E-state index in [0.717, 1.165) is 21.2 Å². The van der Waals surface area contributed by atoms with E-state index in [1.807, 2.05) is 66.7 Å². The number of hydrogen-bond acceptors (Lipinski definition) is 6. The van der Waals surface area contributed by atoms with E-state index in [1.54, 1.807) is 36.0 Å². The minimum Gasteiger partial charge on any atom is -0.457 e. The molecule has 7 heteroatoms. The highest BCUT2D eigenvalue weighted by Gasteiger charge is 2.23. The Kier molecular flexibility index (Phi) is 7.19. The number of anilines is 3. The highest BCUT2D eigenvalue weighted by Crippen LogP contribution is 2.47. The molecule has 0 radical (unpaired) electrons. The number of ether oxygens (including phenoxy) is 2. The Morgan fingerprint density at radius 1 is 0.750 bits per heavy atom. The third-order valence-electron chi connectivity index (χ3n) is 5.53. The maximum atomic E-state index is 12.5. The Labute approximate surface area is 213 Å². The number of carbonyl (C=O) groups excluding carboxylic acids is 2. The quantitative estimate of drug-likeness (QED) is 0.275. The standard InChI is InChI=1S/C29H24N2O4S/c32-28(30-21-9-8-12-23(19-21)35-22-10-2-1-3-11-22)20-34-29(33)17-18-31-24-13-4-6-15-26(24)36-27-16-7-5-14-25(27)31/h1-16,19H,17-18,20H2,(H,30,32). The SMILES string of the molecule is O=C(COC(=O)CCN1c2ccccc2Sc2ccccc21)Nc1cccc(Oc2ccccc2)c1. The second-order valence-electron chi connectivity index (χ2n) is 8.09. The van der Waals surface area contributed by atoms with E-state index in [-0.39, 0.29) is 13.0 Å². The van der Waals surface area contributed by atoms with Crippen molar-refractivity contribution in [1.29, 1.82) is 0 Å². The summed E-state index contributed by atoms with van der Waals surface area (Å²) in [6, 6.07) is 32.7. The van der Waals surface area contributed by atoms with Gasteiger partial charge in [0.2, 0.25) is 0 Å². The second-order valence-corrected chi connectivity index (χ2v) is 9.17. The fraction of sp³-hybridized carbons (Fsp3) is 0.103. The summed E-state index contributed by atoms with van der Waals surface area (Å²) in [7, 11) is 0. The highest BCUT2D eigenvalue weighted by atomic mass is 32.2. The van der Waals surface area contributed by atoms with Crippen molar-refractivity contribution in [3.63, 3.8) is 0 Å². The molecular formula is C29H24N2O4S. The lowest BCUT2D eigenvalue weighted by molar-refractivity contribution is -0.147. The first-order chi connectivity index (χ1) is 17.7. The van der Waals surface area contributed by atoms with Crippen LogP contribution in [0.4, 0.5) is 17.1 Å². The van der Waals surface area contributed by atoms with Crippen molar-refractivity contribution in [2.75, 3.05) is 23.4 Å². The molecule has 1 amide bonds. The minimum atomic E-state index is -0.431. The van der Waals surface area contributed by atoms with Gasteiger partial charge in [-0.25, -0.2) is 0 Å². The maximum absolute atomic E-state index is 12.5. The van der Waals surface area contributed by atoms with E-state index in [2.05, 4.69) is 22.3 Å². The van der Waals surface area contributed by atoms with Crippen LogP contribution in [0.15, 0.2) is 113 Å². The summed E-state index contributed by atoms with van der Waals surface area (Å²) in [6.45, 7) is 0.0968.